The average Bonchev–Trinajstić information content (AvgIpc) is 2.62. The van der Waals surface area contributed by atoms with Crippen molar-refractivity contribution in [2.24, 2.45) is 5.92 Å². The van der Waals surface area contributed by atoms with Crippen molar-refractivity contribution in [1.29, 1.82) is 0 Å². The molecule has 102 valence electrons. The van der Waals surface area contributed by atoms with Gasteiger partial charge in [0.25, 0.3) is 0 Å². The van der Waals surface area contributed by atoms with Gasteiger partial charge in [-0.25, -0.2) is 8.42 Å². The Hall–Kier alpha value is 0.390. The Balaban J connectivity index is 2.38. The fourth-order valence-electron chi connectivity index (χ4n) is 2.06. The van der Waals surface area contributed by atoms with E-state index in [0.717, 1.165) is 24.3 Å². The molecule has 0 saturated carbocycles. The van der Waals surface area contributed by atoms with E-state index >= 15 is 0 Å². The van der Waals surface area contributed by atoms with Crippen molar-refractivity contribution in [3.05, 3.63) is 0 Å². The summed E-state index contributed by atoms with van der Waals surface area (Å²) in [5.74, 6) is 1.03. The second-order valence-corrected chi connectivity index (χ2v) is 9.52. The lowest BCUT2D eigenvalue weighted by Crippen LogP contribution is -2.36. The normalized spacial score (nSPS) is 23.2. The molecule has 0 aromatic carbocycles. The topological polar surface area (TPSA) is 37.4 Å². The second-order valence-electron chi connectivity index (χ2n) is 5.86. The van der Waals surface area contributed by atoms with Crippen LogP contribution in [0.1, 0.15) is 33.6 Å². The summed E-state index contributed by atoms with van der Waals surface area (Å²) in [6.07, 6.45) is 2.41. The minimum absolute atomic E-state index is 0.289. The lowest BCUT2D eigenvalue weighted by molar-refractivity contribution is 0.340. The van der Waals surface area contributed by atoms with Gasteiger partial charge in [0.1, 0.15) is 0 Å². The molecule has 5 heteroatoms. The summed E-state index contributed by atoms with van der Waals surface area (Å²) in [5.41, 5.74) is 0. The lowest BCUT2D eigenvalue weighted by atomic mass is 10.1. The minimum atomic E-state index is -2.97. The van der Waals surface area contributed by atoms with Crippen molar-refractivity contribution in [1.82, 2.24) is 4.90 Å². The number of alkyl halides is 1. The molecule has 17 heavy (non-hydrogen) atoms. The van der Waals surface area contributed by atoms with Gasteiger partial charge in [-0.1, -0.05) is 15.9 Å². The van der Waals surface area contributed by atoms with Gasteiger partial charge in [0.2, 0.25) is 0 Å². The average molecular weight is 326 g/mol. The predicted octanol–water partition coefficient (Wildman–Crippen LogP) is 2.31. The van der Waals surface area contributed by atoms with E-state index in [1.165, 1.54) is 12.8 Å². The SMILES string of the molecule is CC(C)(C)S(=O)(=O)CCN1CCC(CCBr)C1. The molecule has 1 unspecified atom stereocenters. The first-order chi connectivity index (χ1) is 7.76. The van der Waals surface area contributed by atoms with E-state index in [2.05, 4.69) is 20.8 Å². The summed E-state index contributed by atoms with van der Waals surface area (Å²) in [5, 5.41) is 1.05. The zero-order valence-electron chi connectivity index (χ0n) is 11.1. The molecule has 0 aliphatic carbocycles. The largest absolute Gasteiger partial charge is 0.302 e. The first-order valence-electron chi connectivity index (χ1n) is 6.27. The summed E-state index contributed by atoms with van der Waals surface area (Å²) >= 11 is 3.46. The van der Waals surface area contributed by atoms with E-state index in [4.69, 9.17) is 0 Å². The molecule has 1 saturated heterocycles. The molecule has 0 radical (unpaired) electrons. The van der Waals surface area contributed by atoms with Crippen molar-refractivity contribution in [3.8, 4) is 0 Å². The predicted molar refractivity (Wildman–Crippen MR) is 76.5 cm³/mol. The van der Waals surface area contributed by atoms with Gasteiger partial charge in [0, 0.05) is 18.4 Å². The highest BCUT2D eigenvalue weighted by Crippen LogP contribution is 2.21. The van der Waals surface area contributed by atoms with Gasteiger partial charge < -0.3 is 4.90 Å². The fraction of sp³-hybridized carbons (Fsp3) is 1.00. The van der Waals surface area contributed by atoms with Crippen LogP contribution in [0.15, 0.2) is 0 Å². The number of nitrogens with zero attached hydrogens (tertiary/aromatic N) is 1. The Kier molecular flexibility index (Phi) is 5.47. The van der Waals surface area contributed by atoms with Gasteiger partial charge in [-0.15, -0.1) is 0 Å². The summed E-state index contributed by atoms with van der Waals surface area (Å²) in [4.78, 5) is 2.29. The van der Waals surface area contributed by atoms with Crippen LogP contribution in [-0.2, 0) is 9.84 Å². The van der Waals surface area contributed by atoms with Crippen LogP contribution in [0.4, 0.5) is 0 Å². The maximum Gasteiger partial charge on any atom is 0.156 e. The standard InChI is InChI=1S/C12H24BrNO2S/c1-12(2,3)17(15,16)9-8-14-7-5-11(10-14)4-6-13/h11H,4-10H2,1-3H3. The molecule has 1 atom stereocenters. The molecule has 0 bridgehead atoms. The third kappa shape index (κ3) is 4.52. The number of hydrogen-bond acceptors (Lipinski definition) is 3. The minimum Gasteiger partial charge on any atom is -0.302 e. The van der Waals surface area contributed by atoms with E-state index in [9.17, 15) is 8.42 Å². The zero-order valence-corrected chi connectivity index (χ0v) is 13.5. The van der Waals surface area contributed by atoms with Gasteiger partial charge in [0.15, 0.2) is 9.84 Å². The molecule has 1 aliphatic rings. The summed E-state index contributed by atoms with van der Waals surface area (Å²) < 4.78 is 23.3. The number of likely N-dealkylation sites (tertiary alicyclic amines) is 1. The Labute approximate surface area is 114 Å². The maximum absolute atomic E-state index is 12.0. The van der Waals surface area contributed by atoms with Crippen molar-refractivity contribution in [3.63, 3.8) is 0 Å². The van der Waals surface area contributed by atoms with E-state index in [0.29, 0.717) is 6.54 Å². The molecule has 1 heterocycles. The number of rotatable bonds is 5. The van der Waals surface area contributed by atoms with Crippen LogP contribution in [0.25, 0.3) is 0 Å². The lowest BCUT2D eigenvalue weighted by Gasteiger charge is -2.22. The second kappa shape index (κ2) is 6.02. The van der Waals surface area contributed by atoms with Crippen LogP contribution in [-0.4, -0.2) is 48.8 Å². The molecule has 3 nitrogen and oxygen atoms in total. The Morgan fingerprint density at radius 2 is 2.00 bits per heavy atom. The van der Waals surface area contributed by atoms with Crippen LogP contribution < -0.4 is 0 Å². The maximum atomic E-state index is 12.0. The fourth-order valence-corrected chi connectivity index (χ4v) is 3.82. The zero-order chi connectivity index (χ0) is 13.1. The highest BCUT2D eigenvalue weighted by Gasteiger charge is 2.30. The molecule has 0 amide bonds. The summed E-state index contributed by atoms with van der Waals surface area (Å²) in [7, 11) is -2.97. The van der Waals surface area contributed by atoms with Crippen LogP contribution in [0.3, 0.4) is 0 Å². The van der Waals surface area contributed by atoms with Crippen molar-refractivity contribution in [2.75, 3.05) is 30.7 Å². The van der Waals surface area contributed by atoms with Gasteiger partial charge >= 0.3 is 0 Å². The number of sulfone groups is 1. The third-order valence-corrected chi connectivity index (χ3v) is 6.54. The Morgan fingerprint density at radius 1 is 1.35 bits per heavy atom. The molecule has 0 N–H and O–H groups in total. The van der Waals surface area contributed by atoms with Crippen LogP contribution in [0.2, 0.25) is 0 Å². The third-order valence-electron chi connectivity index (χ3n) is 3.50. The van der Waals surface area contributed by atoms with Crippen LogP contribution in [0, 0.1) is 5.92 Å². The Morgan fingerprint density at radius 3 is 2.53 bits per heavy atom. The van der Waals surface area contributed by atoms with Crippen molar-refractivity contribution in [2.45, 2.75) is 38.4 Å². The number of hydrogen-bond donors (Lipinski definition) is 0. The number of halogens is 1. The first kappa shape index (κ1) is 15.4. The van der Waals surface area contributed by atoms with E-state index in [1.54, 1.807) is 20.8 Å². The molecule has 1 rings (SSSR count). The molecular formula is C12H24BrNO2S. The van der Waals surface area contributed by atoms with Crippen LogP contribution >= 0.6 is 15.9 Å². The Bertz CT molecular complexity index is 335. The summed E-state index contributed by atoms with van der Waals surface area (Å²) in [6.45, 7) is 8.14. The van der Waals surface area contributed by atoms with Crippen molar-refractivity contribution >= 4 is 25.8 Å². The van der Waals surface area contributed by atoms with E-state index in [-0.39, 0.29) is 5.75 Å². The van der Waals surface area contributed by atoms with Gasteiger partial charge in [-0.3, -0.25) is 0 Å². The molecule has 1 fully saturated rings. The molecular weight excluding hydrogens is 302 g/mol. The monoisotopic (exact) mass is 325 g/mol. The van der Waals surface area contributed by atoms with Gasteiger partial charge in [-0.2, -0.15) is 0 Å². The quantitative estimate of drug-likeness (QED) is 0.728. The van der Waals surface area contributed by atoms with Crippen LogP contribution in [0.5, 0.6) is 0 Å². The molecule has 0 aromatic rings. The first-order valence-corrected chi connectivity index (χ1v) is 9.04. The molecule has 1 aliphatic heterocycles. The van der Waals surface area contributed by atoms with Gasteiger partial charge in [-0.05, 0) is 46.1 Å². The highest BCUT2D eigenvalue weighted by molar-refractivity contribution is 9.09. The smallest absolute Gasteiger partial charge is 0.156 e. The molecule has 0 spiro atoms. The highest BCUT2D eigenvalue weighted by atomic mass is 79.9. The summed E-state index contributed by atoms with van der Waals surface area (Å²) in [6, 6.07) is 0. The van der Waals surface area contributed by atoms with E-state index in [1.807, 2.05) is 0 Å². The van der Waals surface area contributed by atoms with E-state index < -0.39 is 14.6 Å². The molecule has 0 aromatic heterocycles. The van der Waals surface area contributed by atoms with Gasteiger partial charge in [0.05, 0.1) is 10.5 Å². The van der Waals surface area contributed by atoms with Crippen molar-refractivity contribution < 1.29 is 8.42 Å².